The second-order valence-electron chi connectivity index (χ2n) is 3.77. The summed E-state index contributed by atoms with van der Waals surface area (Å²) in [6.07, 6.45) is 0. The molecule has 0 heterocycles. The molecule has 0 aliphatic carbocycles. The summed E-state index contributed by atoms with van der Waals surface area (Å²) in [5.74, 6) is 0.831. The van der Waals surface area contributed by atoms with E-state index < -0.39 is 0 Å². The summed E-state index contributed by atoms with van der Waals surface area (Å²) in [4.78, 5) is 2.71. The Morgan fingerprint density at radius 3 is 2.41 bits per heavy atom. The van der Waals surface area contributed by atoms with Crippen LogP contribution in [0.15, 0.2) is 24.3 Å². The van der Waals surface area contributed by atoms with E-state index in [1.807, 2.05) is 24.3 Å². The minimum Gasteiger partial charge on any atom is -0.496 e. The third-order valence-electron chi connectivity index (χ3n) is 2.88. The number of benzene rings is 1. The molecule has 1 unspecified atom stereocenters. The molecule has 0 bridgehead atoms. The number of nitrogens with zero attached hydrogens (tertiary/aromatic N) is 1. The van der Waals surface area contributed by atoms with Gasteiger partial charge in [-0.1, -0.05) is 44.3 Å². The molecule has 0 saturated heterocycles. The Hall–Kier alpha value is -1.13. The van der Waals surface area contributed by atoms with Crippen LogP contribution in [0.1, 0.15) is 25.5 Å². The smallest absolute Gasteiger partial charge is 0.124 e. The fourth-order valence-corrected chi connectivity index (χ4v) is 2.29. The van der Waals surface area contributed by atoms with E-state index in [0.29, 0.717) is 4.99 Å². The minimum absolute atomic E-state index is 0.0591. The van der Waals surface area contributed by atoms with E-state index in [-0.39, 0.29) is 6.04 Å². The van der Waals surface area contributed by atoms with Gasteiger partial charge >= 0.3 is 0 Å². The predicted molar refractivity (Wildman–Crippen MR) is 75.4 cm³/mol. The number of nitrogens with two attached hydrogens (primary N) is 1. The highest BCUT2D eigenvalue weighted by atomic mass is 32.1. The van der Waals surface area contributed by atoms with Gasteiger partial charge in [-0.3, -0.25) is 4.90 Å². The topological polar surface area (TPSA) is 38.5 Å². The number of ether oxygens (including phenoxy) is 1. The molecule has 1 rings (SSSR count). The molecule has 0 amide bonds. The normalized spacial score (nSPS) is 12.5. The molecule has 17 heavy (non-hydrogen) atoms. The maximum atomic E-state index is 5.88. The standard InChI is InChI=1S/C13H20N2OS/c1-4-15(5-2)12(13(14)17)10-8-6-7-9-11(10)16-3/h6-9,12H,4-5H2,1-3H3,(H2,14,17). The van der Waals surface area contributed by atoms with E-state index in [1.54, 1.807) is 7.11 Å². The number of para-hydroxylation sites is 1. The Balaban J connectivity index is 3.17. The van der Waals surface area contributed by atoms with Crippen LogP contribution in [0.2, 0.25) is 0 Å². The number of hydrogen-bond acceptors (Lipinski definition) is 3. The number of likely N-dealkylation sites (N-methyl/N-ethyl adjacent to an activating group) is 1. The first-order chi connectivity index (χ1) is 8.15. The molecule has 0 fully saturated rings. The Morgan fingerprint density at radius 1 is 1.35 bits per heavy atom. The average Bonchev–Trinajstić information content (AvgIpc) is 2.35. The fourth-order valence-electron chi connectivity index (χ4n) is 2.01. The molecular formula is C13H20N2OS. The van der Waals surface area contributed by atoms with E-state index in [2.05, 4.69) is 18.7 Å². The number of methoxy groups -OCH3 is 1. The van der Waals surface area contributed by atoms with Crippen LogP contribution >= 0.6 is 12.2 Å². The van der Waals surface area contributed by atoms with Crippen LogP contribution in [-0.2, 0) is 0 Å². The molecule has 1 aromatic rings. The molecule has 1 atom stereocenters. The van der Waals surface area contributed by atoms with Gasteiger partial charge in [0.15, 0.2) is 0 Å². The first kappa shape index (κ1) is 13.9. The maximum Gasteiger partial charge on any atom is 0.124 e. The van der Waals surface area contributed by atoms with Crippen molar-refractivity contribution >= 4 is 17.2 Å². The Bertz CT molecular complexity index is 377. The lowest BCUT2D eigenvalue weighted by Gasteiger charge is -2.30. The summed E-state index contributed by atoms with van der Waals surface area (Å²) < 4.78 is 5.37. The van der Waals surface area contributed by atoms with Crippen molar-refractivity contribution in [3.05, 3.63) is 29.8 Å². The Morgan fingerprint density at radius 2 is 1.94 bits per heavy atom. The van der Waals surface area contributed by atoms with E-state index in [1.165, 1.54) is 0 Å². The van der Waals surface area contributed by atoms with Crippen molar-refractivity contribution in [2.24, 2.45) is 5.73 Å². The maximum absolute atomic E-state index is 5.88. The van der Waals surface area contributed by atoms with Gasteiger partial charge in [0.1, 0.15) is 5.75 Å². The molecule has 0 aromatic heterocycles. The highest BCUT2D eigenvalue weighted by molar-refractivity contribution is 7.80. The van der Waals surface area contributed by atoms with Gasteiger partial charge in [-0.2, -0.15) is 0 Å². The lowest BCUT2D eigenvalue weighted by Crippen LogP contribution is -2.36. The molecule has 1 aromatic carbocycles. The minimum atomic E-state index is -0.0591. The summed E-state index contributed by atoms with van der Waals surface area (Å²) in [5.41, 5.74) is 6.91. The van der Waals surface area contributed by atoms with Crippen LogP contribution in [0.25, 0.3) is 0 Å². The molecule has 0 spiro atoms. The molecule has 3 nitrogen and oxygen atoms in total. The zero-order valence-corrected chi connectivity index (χ0v) is 11.5. The zero-order chi connectivity index (χ0) is 12.8. The van der Waals surface area contributed by atoms with Crippen LogP contribution in [0.4, 0.5) is 0 Å². The van der Waals surface area contributed by atoms with Gasteiger partial charge in [0.2, 0.25) is 0 Å². The molecule has 0 aliphatic heterocycles. The van der Waals surface area contributed by atoms with Crippen molar-refractivity contribution in [3.63, 3.8) is 0 Å². The highest BCUT2D eigenvalue weighted by Crippen LogP contribution is 2.29. The Labute approximate surface area is 109 Å². The summed E-state index contributed by atoms with van der Waals surface area (Å²) in [6.45, 7) is 6.00. The van der Waals surface area contributed by atoms with Crippen molar-refractivity contribution in [2.45, 2.75) is 19.9 Å². The first-order valence-corrected chi connectivity index (χ1v) is 6.22. The second-order valence-corrected chi connectivity index (χ2v) is 4.24. The van der Waals surface area contributed by atoms with Crippen molar-refractivity contribution in [1.82, 2.24) is 4.90 Å². The number of thiocarbonyl (C=S) groups is 1. The van der Waals surface area contributed by atoms with Gasteiger partial charge in [0, 0.05) is 5.56 Å². The molecular weight excluding hydrogens is 232 g/mol. The molecule has 0 aliphatic rings. The summed E-state index contributed by atoms with van der Waals surface area (Å²) in [5, 5.41) is 0. The van der Waals surface area contributed by atoms with Gasteiger partial charge in [0.25, 0.3) is 0 Å². The van der Waals surface area contributed by atoms with Gasteiger partial charge in [-0.25, -0.2) is 0 Å². The van der Waals surface area contributed by atoms with E-state index in [0.717, 1.165) is 24.4 Å². The third kappa shape index (κ3) is 3.17. The summed E-state index contributed by atoms with van der Waals surface area (Å²) >= 11 is 5.20. The lowest BCUT2D eigenvalue weighted by molar-refractivity contribution is 0.266. The van der Waals surface area contributed by atoms with Gasteiger partial charge < -0.3 is 10.5 Å². The van der Waals surface area contributed by atoms with E-state index in [9.17, 15) is 0 Å². The summed E-state index contributed by atoms with van der Waals surface area (Å²) in [7, 11) is 1.66. The number of rotatable bonds is 6. The first-order valence-electron chi connectivity index (χ1n) is 5.81. The SMILES string of the molecule is CCN(CC)C(C(N)=S)c1ccccc1OC. The number of hydrogen-bond donors (Lipinski definition) is 1. The zero-order valence-electron chi connectivity index (χ0n) is 10.6. The van der Waals surface area contributed by atoms with Crippen molar-refractivity contribution in [3.8, 4) is 5.75 Å². The monoisotopic (exact) mass is 252 g/mol. The lowest BCUT2D eigenvalue weighted by atomic mass is 10.0. The van der Waals surface area contributed by atoms with Gasteiger partial charge in [-0.05, 0) is 19.2 Å². The van der Waals surface area contributed by atoms with Crippen LogP contribution in [-0.4, -0.2) is 30.1 Å². The fraction of sp³-hybridized carbons (Fsp3) is 0.462. The van der Waals surface area contributed by atoms with E-state index >= 15 is 0 Å². The Kier molecular flexibility index (Phi) is 5.38. The molecule has 4 heteroatoms. The highest BCUT2D eigenvalue weighted by Gasteiger charge is 2.23. The third-order valence-corrected chi connectivity index (χ3v) is 3.10. The quantitative estimate of drug-likeness (QED) is 0.789. The van der Waals surface area contributed by atoms with Crippen LogP contribution in [0.5, 0.6) is 5.75 Å². The van der Waals surface area contributed by atoms with Crippen molar-refractivity contribution in [1.29, 1.82) is 0 Å². The van der Waals surface area contributed by atoms with E-state index in [4.69, 9.17) is 22.7 Å². The van der Waals surface area contributed by atoms with Gasteiger partial charge in [0.05, 0.1) is 18.1 Å². The second kappa shape index (κ2) is 6.57. The average molecular weight is 252 g/mol. The van der Waals surface area contributed by atoms with Crippen molar-refractivity contribution < 1.29 is 4.74 Å². The molecule has 2 N–H and O–H groups in total. The molecule has 0 radical (unpaired) electrons. The van der Waals surface area contributed by atoms with Crippen LogP contribution < -0.4 is 10.5 Å². The van der Waals surface area contributed by atoms with Crippen LogP contribution in [0.3, 0.4) is 0 Å². The van der Waals surface area contributed by atoms with Crippen LogP contribution in [0, 0.1) is 0 Å². The molecule has 94 valence electrons. The summed E-state index contributed by atoms with van der Waals surface area (Å²) in [6, 6.07) is 7.81. The van der Waals surface area contributed by atoms with Crippen molar-refractivity contribution in [2.75, 3.05) is 20.2 Å². The predicted octanol–water partition coefficient (Wildman–Crippen LogP) is 2.36. The molecule has 0 saturated carbocycles. The largest absolute Gasteiger partial charge is 0.496 e. The van der Waals surface area contributed by atoms with Gasteiger partial charge in [-0.15, -0.1) is 0 Å².